The van der Waals surface area contributed by atoms with Crippen molar-refractivity contribution in [1.29, 1.82) is 0 Å². The molecule has 38 heavy (non-hydrogen) atoms. The molecule has 2 N–H and O–H groups in total. The third kappa shape index (κ3) is 5.58. The van der Waals surface area contributed by atoms with Gasteiger partial charge < -0.3 is 0 Å². The minimum atomic E-state index is -3.70. The van der Waals surface area contributed by atoms with E-state index < -0.39 is 20.0 Å². The standard InChI is InChI=1S/C28H26N4O4S2/c1-19-3-13-25(14-4-19)37(33,34)29-17-23-11-9-21-7-8-22-10-12-24(32-28(22)27(21)31-23)18-30-38(35,36)26-15-5-20(2)6-16-26/h3-16,29-30H,17-18H2,1-2H3. The zero-order chi connectivity index (χ0) is 26.9. The molecule has 194 valence electrons. The normalized spacial score (nSPS) is 12.3. The highest BCUT2D eigenvalue weighted by Crippen LogP contribution is 2.23. The number of hydrogen-bond acceptors (Lipinski definition) is 6. The Morgan fingerprint density at radius 1 is 0.526 bits per heavy atom. The van der Waals surface area contributed by atoms with Crippen LogP contribution in [0.5, 0.6) is 0 Å². The number of rotatable bonds is 8. The van der Waals surface area contributed by atoms with Crippen molar-refractivity contribution in [2.45, 2.75) is 36.7 Å². The lowest BCUT2D eigenvalue weighted by molar-refractivity contribution is 0.579. The van der Waals surface area contributed by atoms with E-state index in [1.165, 1.54) is 0 Å². The molecule has 0 amide bonds. The Labute approximate surface area is 221 Å². The van der Waals surface area contributed by atoms with Crippen LogP contribution in [-0.4, -0.2) is 26.8 Å². The van der Waals surface area contributed by atoms with Crippen molar-refractivity contribution in [2.24, 2.45) is 0 Å². The van der Waals surface area contributed by atoms with Gasteiger partial charge in [-0.3, -0.25) is 0 Å². The van der Waals surface area contributed by atoms with Crippen LogP contribution in [0.2, 0.25) is 0 Å². The first-order chi connectivity index (χ1) is 18.1. The second-order valence-corrected chi connectivity index (χ2v) is 12.6. The van der Waals surface area contributed by atoms with Gasteiger partial charge in [0.05, 0.1) is 45.3 Å². The summed E-state index contributed by atoms with van der Waals surface area (Å²) in [5, 5.41) is 1.68. The number of pyridine rings is 2. The van der Waals surface area contributed by atoms with Gasteiger partial charge in [-0.15, -0.1) is 0 Å². The SMILES string of the molecule is Cc1ccc(S(=O)(=O)NCc2ccc3ccc4ccc(CNS(=O)(=O)c5ccc(C)cc5)nc4c3n2)cc1. The molecule has 5 aromatic rings. The van der Waals surface area contributed by atoms with Crippen LogP contribution >= 0.6 is 0 Å². The highest BCUT2D eigenvalue weighted by molar-refractivity contribution is 7.89. The van der Waals surface area contributed by atoms with E-state index in [-0.39, 0.29) is 22.9 Å². The molecule has 0 saturated heterocycles. The van der Waals surface area contributed by atoms with Gasteiger partial charge in [-0.25, -0.2) is 36.2 Å². The van der Waals surface area contributed by atoms with Crippen LogP contribution in [-0.2, 0) is 33.1 Å². The summed E-state index contributed by atoms with van der Waals surface area (Å²) in [5.41, 5.74) is 4.24. The first-order valence-electron chi connectivity index (χ1n) is 11.9. The van der Waals surface area contributed by atoms with Crippen LogP contribution in [0.1, 0.15) is 22.5 Å². The van der Waals surface area contributed by atoms with Crippen LogP contribution in [0.3, 0.4) is 0 Å². The maximum atomic E-state index is 12.7. The van der Waals surface area contributed by atoms with Crippen LogP contribution in [0, 0.1) is 13.8 Å². The molecule has 3 aromatic carbocycles. The Bertz CT molecular complexity index is 1720. The Kier molecular flexibility index (Phi) is 6.97. The number of nitrogens with one attached hydrogen (secondary N) is 2. The molecule has 0 aliphatic heterocycles. The van der Waals surface area contributed by atoms with Gasteiger partial charge >= 0.3 is 0 Å². The van der Waals surface area contributed by atoms with Gasteiger partial charge in [-0.1, -0.05) is 59.7 Å². The Hall–Kier alpha value is -3.70. The van der Waals surface area contributed by atoms with Crippen molar-refractivity contribution in [3.63, 3.8) is 0 Å². The zero-order valence-electron chi connectivity index (χ0n) is 20.8. The molecule has 0 aliphatic rings. The summed E-state index contributed by atoms with van der Waals surface area (Å²) >= 11 is 0. The summed E-state index contributed by atoms with van der Waals surface area (Å²) in [6.07, 6.45) is 0. The molecule has 0 radical (unpaired) electrons. The van der Waals surface area contributed by atoms with Crippen LogP contribution in [0.25, 0.3) is 21.8 Å². The Balaban J connectivity index is 1.40. The summed E-state index contributed by atoms with van der Waals surface area (Å²) < 4.78 is 56.0. The van der Waals surface area contributed by atoms with Gasteiger partial charge in [0.1, 0.15) is 0 Å². The quantitative estimate of drug-likeness (QED) is 0.279. The molecule has 0 atom stereocenters. The van der Waals surface area contributed by atoms with Crippen molar-refractivity contribution in [2.75, 3.05) is 0 Å². The number of aryl methyl sites for hydroxylation is 2. The lowest BCUT2D eigenvalue weighted by Crippen LogP contribution is -2.24. The molecule has 2 aromatic heterocycles. The lowest BCUT2D eigenvalue weighted by atomic mass is 10.1. The van der Waals surface area contributed by atoms with Gasteiger partial charge in [-0.2, -0.15) is 0 Å². The summed E-state index contributed by atoms with van der Waals surface area (Å²) in [7, 11) is -7.39. The van der Waals surface area contributed by atoms with Gasteiger partial charge in [0, 0.05) is 10.8 Å². The number of benzene rings is 3. The first kappa shape index (κ1) is 25.9. The fourth-order valence-corrected chi connectivity index (χ4v) is 5.98. The number of aromatic nitrogens is 2. The van der Waals surface area contributed by atoms with Crippen LogP contribution in [0.4, 0.5) is 0 Å². The number of sulfonamides is 2. The van der Waals surface area contributed by atoms with E-state index in [1.54, 1.807) is 60.7 Å². The van der Waals surface area contributed by atoms with Crippen LogP contribution < -0.4 is 9.44 Å². The second kappa shape index (κ2) is 10.2. The fourth-order valence-electron chi connectivity index (χ4n) is 3.98. The molecule has 8 nitrogen and oxygen atoms in total. The van der Waals surface area contributed by atoms with Crippen molar-refractivity contribution in [3.05, 3.63) is 107 Å². The number of hydrogen-bond donors (Lipinski definition) is 2. The second-order valence-electron chi connectivity index (χ2n) is 9.09. The summed E-state index contributed by atoms with van der Waals surface area (Å²) in [4.78, 5) is 9.76. The van der Waals surface area contributed by atoms with Gasteiger partial charge in [0.25, 0.3) is 0 Å². The zero-order valence-corrected chi connectivity index (χ0v) is 22.5. The van der Waals surface area contributed by atoms with E-state index in [0.29, 0.717) is 22.4 Å². The summed E-state index contributed by atoms with van der Waals surface area (Å²) in [6.45, 7) is 3.81. The maximum Gasteiger partial charge on any atom is 0.240 e. The average Bonchev–Trinajstić information content (AvgIpc) is 2.91. The smallest absolute Gasteiger partial charge is 0.240 e. The average molecular weight is 547 g/mol. The van der Waals surface area contributed by atoms with Crippen molar-refractivity contribution in [3.8, 4) is 0 Å². The van der Waals surface area contributed by atoms with E-state index in [2.05, 4.69) is 9.44 Å². The highest BCUT2D eigenvalue weighted by Gasteiger charge is 2.16. The van der Waals surface area contributed by atoms with Crippen LogP contribution in [0.15, 0.2) is 94.7 Å². The molecule has 10 heteroatoms. The van der Waals surface area contributed by atoms with E-state index in [9.17, 15) is 16.8 Å². The predicted molar refractivity (Wildman–Crippen MR) is 147 cm³/mol. The molecule has 2 heterocycles. The molecular formula is C28H26N4O4S2. The fraction of sp³-hybridized carbons (Fsp3) is 0.143. The molecule has 0 aliphatic carbocycles. The number of fused-ring (bicyclic) bond motifs is 3. The largest absolute Gasteiger partial charge is 0.249 e. The summed E-state index contributed by atoms with van der Waals surface area (Å²) in [6, 6.07) is 24.4. The molecule has 0 fully saturated rings. The molecule has 0 bridgehead atoms. The van der Waals surface area contributed by atoms with Gasteiger partial charge in [-0.05, 0) is 50.2 Å². The molecule has 0 unspecified atom stereocenters. The third-order valence-corrected chi connectivity index (χ3v) is 9.02. The number of nitrogens with zero attached hydrogens (tertiary/aromatic N) is 2. The first-order valence-corrected chi connectivity index (χ1v) is 14.9. The van der Waals surface area contributed by atoms with Gasteiger partial charge in [0.2, 0.25) is 20.0 Å². The topological polar surface area (TPSA) is 118 Å². The minimum absolute atomic E-state index is 0.0125. The Morgan fingerprint density at radius 2 is 0.868 bits per heavy atom. The van der Waals surface area contributed by atoms with E-state index in [0.717, 1.165) is 21.9 Å². The highest BCUT2D eigenvalue weighted by atomic mass is 32.2. The molecular weight excluding hydrogens is 520 g/mol. The third-order valence-electron chi connectivity index (χ3n) is 6.18. The minimum Gasteiger partial charge on any atom is -0.249 e. The van der Waals surface area contributed by atoms with E-state index in [4.69, 9.17) is 9.97 Å². The van der Waals surface area contributed by atoms with Gasteiger partial charge in [0.15, 0.2) is 0 Å². The summed E-state index contributed by atoms with van der Waals surface area (Å²) in [5.74, 6) is 0. The van der Waals surface area contributed by atoms with E-state index in [1.807, 2.05) is 38.1 Å². The van der Waals surface area contributed by atoms with Crippen molar-refractivity contribution < 1.29 is 16.8 Å². The lowest BCUT2D eigenvalue weighted by Gasteiger charge is -2.10. The molecule has 0 saturated carbocycles. The van der Waals surface area contributed by atoms with Crippen molar-refractivity contribution in [1.82, 2.24) is 19.4 Å². The molecule has 0 spiro atoms. The maximum absolute atomic E-state index is 12.7. The van der Waals surface area contributed by atoms with E-state index >= 15 is 0 Å². The monoisotopic (exact) mass is 546 g/mol. The Morgan fingerprint density at radius 3 is 1.24 bits per heavy atom. The van der Waals surface area contributed by atoms with Crippen molar-refractivity contribution >= 4 is 41.9 Å². The predicted octanol–water partition coefficient (Wildman–Crippen LogP) is 4.36. The molecule has 5 rings (SSSR count).